The topological polar surface area (TPSA) is 56.4 Å². The summed E-state index contributed by atoms with van der Waals surface area (Å²) in [7, 11) is 0. The van der Waals surface area contributed by atoms with E-state index in [4.69, 9.17) is 9.15 Å². The van der Waals surface area contributed by atoms with Gasteiger partial charge in [-0.15, -0.1) is 0 Å². The molecule has 2 heterocycles. The van der Waals surface area contributed by atoms with Gasteiger partial charge in [0.05, 0.1) is 31.0 Å². The highest BCUT2D eigenvalue weighted by atomic mass is 16.5. The minimum absolute atomic E-state index is 0.0186. The predicted molar refractivity (Wildman–Crippen MR) is 113 cm³/mol. The molecule has 4 rings (SSSR count). The van der Waals surface area contributed by atoms with E-state index in [1.165, 1.54) is 0 Å². The molecule has 0 bridgehead atoms. The lowest BCUT2D eigenvalue weighted by molar-refractivity contribution is 0.0938. The van der Waals surface area contributed by atoms with Crippen LogP contribution in [0.2, 0.25) is 0 Å². The Bertz CT molecular complexity index is 1100. The monoisotopic (exact) mass is 388 g/mol. The van der Waals surface area contributed by atoms with E-state index in [2.05, 4.69) is 28.9 Å². The number of ether oxygens (including phenoxy) is 1. The quantitative estimate of drug-likeness (QED) is 0.475. The van der Waals surface area contributed by atoms with Crippen LogP contribution in [-0.4, -0.2) is 17.1 Å². The van der Waals surface area contributed by atoms with Crippen molar-refractivity contribution < 1.29 is 13.9 Å². The fourth-order valence-electron chi connectivity index (χ4n) is 3.65. The number of rotatable bonds is 7. The third-order valence-electron chi connectivity index (χ3n) is 5.05. The Kier molecular flexibility index (Phi) is 5.38. The summed E-state index contributed by atoms with van der Waals surface area (Å²) in [4.78, 5) is 13.1. The number of furan rings is 1. The number of nitrogens with one attached hydrogen (secondary N) is 1. The summed E-state index contributed by atoms with van der Waals surface area (Å²) in [6.07, 6.45) is 1.60. The summed E-state index contributed by atoms with van der Waals surface area (Å²) in [5.41, 5.74) is 2.69. The summed E-state index contributed by atoms with van der Waals surface area (Å²) in [6, 6.07) is 21.7. The van der Waals surface area contributed by atoms with Crippen molar-refractivity contribution in [3.05, 3.63) is 90.0 Å². The molecule has 0 aliphatic rings. The average Bonchev–Trinajstić information content (AvgIpc) is 3.41. The van der Waals surface area contributed by atoms with Crippen LogP contribution in [-0.2, 0) is 6.54 Å². The minimum atomic E-state index is -0.150. The van der Waals surface area contributed by atoms with Gasteiger partial charge >= 0.3 is 0 Å². The second kappa shape index (κ2) is 8.27. The molecule has 1 N–H and O–H groups in total. The van der Waals surface area contributed by atoms with Crippen LogP contribution in [0.1, 0.15) is 41.7 Å². The molecule has 29 heavy (non-hydrogen) atoms. The van der Waals surface area contributed by atoms with E-state index in [0.29, 0.717) is 24.6 Å². The number of nitrogens with zero attached hydrogens (tertiary/aromatic N) is 1. The van der Waals surface area contributed by atoms with Crippen molar-refractivity contribution in [2.45, 2.75) is 26.4 Å². The van der Waals surface area contributed by atoms with Gasteiger partial charge in [-0.1, -0.05) is 36.4 Å². The Morgan fingerprint density at radius 2 is 1.93 bits per heavy atom. The first-order valence-corrected chi connectivity index (χ1v) is 9.81. The molecule has 0 fully saturated rings. The molecule has 0 spiro atoms. The normalized spacial score (nSPS) is 12.1. The van der Waals surface area contributed by atoms with Gasteiger partial charge in [-0.2, -0.15) is 0 Å². The smallest absolute Gasteiger partial charge is 0.268 e. The number of carbonyl (C=O) groups is 1. The molecule has 2 aromatic heterocycles. The number of benzene rings is 2. The van der Waals surface area contributed by atoms with Gasteiger partial charge in [-0.25, -0.2) is 0 Å². The molecule has 148 valence electrons. The van der Waals surface area contributed by atoms with Crippen molar-refractivity contribution >= 4 is 16.8 Å². The van der Waals surface area contributed by atoms with E-state index < -0.39 is 0 Å². The molecule has 1 atom stereocenters. The highest BCUT2D eigenvalue weighted by Crippen LogP contribution is 2.33. The van der Waals surface area contributed by atoms with E-state index in [9.17, 15) is 4.79 Å². The molecular formula is C24H24N2O3. The van der Waals surface area contributed by atoms with Gasteiger partial charge in [-0.05, 0) is 49.7 Å². The van der Waals surface area contributed by atoms with Crippen LogP contribution in [0.3, 0.4) is 0 Å². The van der Waals surface area contributed by atoms with Crippen LogP contribution in [0.25, 0.3) is 10.9 Å². The Hall–Kier alpha value is -3.47. The molecule has 1 unspecified atom stereocenters. The van der Waals surface area contributed by atoms with Crippen molar-refractivity contribution in [2.24, 2.45) is 0 Å². The highest BCUT2D eigenvalue weighted by molar-refractivity contribution is 6.00. The van der Waals surface area contributed by atoms with E-state index in [-0.39, 0.29) is 11.9 Å². The van der Waals surface area contributed by atoms with Gasteiger partial charge in [-0.3, -0.25) is 4.79 Å². The average molecular weight is 388 g/mol. The zero-order valence-electron chi connectivity index (χ0n) is 16.6. The molecule has 0 radical (unpaired) electrons. The standard InChI is InChI=1S/C24H24N2O3/c1-3-28-23-13-7-12-21-20(23)15-22(24(27)25-16-19-11-8-14-29-19)26(21)17(2)18-9-5-4-6-10-18/h4-15,17H,3,16H2,1-2H3,(H,25,27). The van der Waals surface area contributed by atoms with Crippen molar-refractivity contribution in [1.82, 2.24) is 9.88 Å². The molecule has 4 aromatic rings. The maximum atomic E-state index is 13.1. The van der Waals surface area contributed by atoms with Crippen LogP contribution < -0.4 is 10.1 Å². The van der Waals surface area contributed by atoms with Crippen molar-refractivity contribution in [1.29, 1.82) is 0 Å². The zero-order valence-corrected chi connectivity index (χ0v) is 16.6. The number of hydrogen-bond donors (Lipinski definition) is 1. The van der Waals surface area contributed by atoms with Crippen molar-refractivity contribution in [3.8, 4) is 5.75 Å². The Balaban J connectivity index is 1.78. The van der Waals surface area contributed by atoms with Gasteiger partial charge in [0.2, 0.25) is 0 Å². The van der Waals surface area contributed by atoms with Crippen LogP contribution in [0.5, 0.6) is 5.75 Å². The summed E-state index contributed by atoms with van der Waals surface area (Å²) in [6.45, 7) is 4.97. The lowest BCUT2D eigenvalue weighted by atomic mass is 10.1. The molecule has 0 saturated heterocycles. The molecule has 2 aromatic carbocycles. The molecule has 5 heteroatoms. The van der Waals surface area contributed by atoms with Crippen LogP contribution in [0.15, 0.2) is 77.4 Å². The molecule has 1 amide bonds. The molecular weight excluding hydrogens is 364 g/mol. The first kappa shape index (κ1) is 18.9. The van der Waals surface area contributed by atoms with Gasteiger partial charge in [0, 0.05) is 5.39 Å². The summed E-state index contributed by atoms with van der Waals surface area (Å²) in [5, 5.41) is 3.90. The molecule has 0 aliphatic carbocycles. The number of amides is 1. The molecule has 5 nitrogen and oxygen atoms in total. The molecule has 0 aliphatic heterocycles. The number of hydrogen-bond acceptors (Lipinski definition) is 3. The fourth-order valence-corrected chi connectivity index (χ4v) is 3.65. The van der Waals surface area contributed by atoms with Gasteiger partial charge in [0.1, 0.15) is 17.2 Å². The summed E-state index contributed by atoms with van der Waals surface area (Å²) in [5.74, 6) is 1.35. The molecule has 0 saturated carbocycles. The second-order valence-corrected chi connectivity index (χ2v) is 6.87. The Morgan fingerprint density at radius 1 is 1.10 bits per heavy atom. The minimum Gasteiger partial charge on any atom is -0.493 e. The SMILES string of the molecule is CCOc1cccc2c1cc(C(=O)NCc1ccco1)n2C(C)c1ccccc1. The number of fused-ring (bicyclic) bond motifs is 1. The maximum Gasteiger partial charge on any atom is 0.268 e. The third kappa shape index (κ3) is 3.76. The van der Waals surface area contributed by atoms with Crippen LogP contribution in [0.4, 0.5) is 0 Å². The van der Waals surface area contributed by atoms with Crippen molar-refractivity contribution in [2.75, 3.05) is 6.61 Å². The third-order valence-corrected chi connectivity index (χ3v) is 5.05. The predicted octanol–water partition coefficient (Wildman–Crippen LogP) is 5.17. The Morgan fingerprint density at radius 3 is 2.66 bits per heavy atom. The summed E-state index contributed by atoms with van der Waals surface area (Å²) < 4.78 is 13.2. The summed E-state index contributed by atoms with van der Waals surface area (Å²) >= 11 is 0. The van der Waals surface area contributed by atoms with E-state index >= 15 is 0 Å². The first-order valence-electron chi connectivity index (χ1n) is 9.81. The van der Waals surface area contributed by atoms with Crippen LogP contribution >= 0.6 is 0 Å². The second-order valence-electron chi connectivity index (χ2n) is 6.87. The van der Waals surface area contributed by atoms with Gasteiger partial charge < -0.3 is 19.0 Å². The lowest BCUT2D eigenvalue weighted by Crippen LogP contribution is -2.26. The largest absolute Gasteiger partial charge is 0.493 e. The van der Waals surface area contributed by atoms with E-state index in [1.807, 2.05) is 61.5 Å². The number of aromatic nitrogens is 1. The van der Waals surface area contributed by atoms with Gasteiger partial charge in [0.25, 0.3) is 5.91 Å². The van der Waals surface area contributed by atoms with Crippen LogP contribution in [0, 0.1) is 0 Å². The first-order chi connectivity index (χ1) is 14.2. The van der Waals surface area contributed by atoms with E-state index in [0.717, 1.165) is 22.2 Å². The van der Waals surface area contributed by atoms with Gasteiger partial charge in [0.15, 0.2) is 0 Å². The Labute approximate surface area is 169 Å². The number of carbonyl (C=O) groups excluding carboxylic acids is 1. The van der Waals surface area contributed by atoms with Crippen molar-refractivity contribution in [3.63, 3.8) is 0 Å². The lowest BCUT2D eigenvalue weighted by Gasteiger charge is -2.19. The highest BCUT2D eigenvalue weighted by Gasteiger charge is 2.22. The fraction of sp³-hybridized carbons (Fsp3) is 0.208. The maximum absolute atomic E-state index is 13.1. The zero-order chi connectivity index (χ0) is 20.2. The van der Waals surface area contributed by atoms with E-state index in [1.54, 1.807) is 6.26 Å².